The molecule has 2 aliphatic heterocycles. The number of pyridine rings is 1. The second-order valence-corrected chi connectivity index (χ2v) is 11.2. The Bertz CT molecular complexity index is 1130. The van der Waals surface area contributed by atoms with E-state index in [9.17, 15) is 19.5 Å². The van der Waals surface area contributed by atoms with E-state index in [-0.39, 0.29) is 23.4 Å². The number of nitrogens with one attached hydrogen (secondary N) is 1. The van der Waals surface area contributed by atoms with Gasteiger partial charge in [-0.2, -0.15) is 0 Å². The summed E-state index contributed by atoms with van der Waals surface area (Å²) < 4.78 is 0. The molecule has 1 aromatic heterocycles. The fraction of sp³-hybridized carbons (Fsp3) is 0.304. The van der Waals surface area contributed by atoms with Crippen LogP contribution in [0.25, 0.3) is 0 Å². The number of hydrogen-bond donors (Lipinski definition) is 3. The Hall–Kier alpha value is -2.47. The number of nitrogens with two attached hydrogens (primary N) is 1. The first-order chi connectivity index (χ1) is 16.4. The average molecular weight is 517 g/mol. The van der Waals surface area contributed by atoms with Crippen molar-refractivity contribution < 1.29 is 19.5 Å². The first kappa shape index (κ1) is 24.6. The summed E-state index contributed by atoms with van der Waals surface area (Å²) in [6, 6.07) is 10.3. The van der Waals surface area contributed by atoms with E-state index in [2.05, 4.69) is 10.3 Å². The van der Waals surface area contributed by atoms with Gasteiger partial charge in [0.1, 0.15) is 17.1 Å². The lowest BCUT2D eigenvalue weighted by atomic mass is 10.0. The summed E-state index contributed by atoms with van der Waals surface area (Å²) in [6.45, 7) is 2.02. The molecule has 0 bridgehead atoms. The van der Waals surface area contributed by atoms with Gasteiger partial charge in [-0.25, -0.2) is 4.79 Å². The first-order valence-electron chi connectivity index (χ1n) is 10.6. The third-order valence-corrected chi connectivity index (χ3v) is 8.94. The van der Waals surface area contributed by atoms with Crippen LogP contribution in [0.3, 0.4) is 0 Å². The van der Waals surface area contributed by atoms with Gasteiger partial charge in [-0.3, -0.25) is 19.5 Å². The molecule has 3 heterocycles. The fourth-order valence-corrected chi connectivity index (χ4v) is 7.19. The van der Waals surface area contributed by atoms with Crippen LogP contribution in [0, 0.1) is 0 Å². The Morgan fingerprint density at radius 2 is 2.09 bits per heavy atom. The van der Waals surface area contributed by atoms with E-state index in [0.717, 1.165) is 21.8 Å². The van der Waals surface area contributed by atoms with Gasteiger partial charge in [-0.15, -0.1) is 23.5 Å². The number of β-lactam (4-membered cyclic amide) rings is 1. The first-order valence-corrected chi connectivity index (χ1v) is 13.6. The van der Waals surface area contributed by atoms with Gasteiger partial charge in [0, 0.05) is 33.5 Å². The number of aromatic nitrogens is 1. The summed E-state index contributed by atoms with van der Waals surface area (Å²) in [5, 5.41) is 12.0. The van der Waals surface area contributed by atoms with Gasteiger partial charge in [0.25, 0.3) is 5.91 Å². The van der Waals surface area contributed by atoms with Gasteiger partial charge in [-0.05, 0) is 17.4 Å². The van der Waals surface area contributed by atoms with E-state index >= 15 is 0 Å². The average Bonchev–Trinajstić information content (AvgIpc) is 2.83. The fourth-order valence-electron chi connectivity index (χ4n) is 3.78. The normalized spacial score (nSPS) is 20.4. The van der Waals surface area contributed by atoms with Gasteiger partial charge in [0.15, 0.2) is 0 Å². The molecule has 2 aromatic rings. The van der Waals surface area contributed by atoms with Crippen LogP contribution in [0.15, 0.2) is 64.3 Å². The smallest absolute Gasteiger partial charge is 0.353 e. The zero-order chi connectivity index (χ0) is 24.2. The molecule has 1 fully saturated rings. The van der Waals surface area contributed by atoms with Crippen molar-refractivity contribution in [3.05, 3.63) is 70.5 Å². The number of carbonyl (C=O) groups is 3. The highest BCUT2D eigenvalue weighted by Crippen LogP contribution is 2.46. The molecular weight excluding hydrogens is 492 g/mol. The summed E-state index contributed by atoms with van der Waals surface area (Å²) in [6.07, 6.45) is 3.50. The standard InChI is InChI=1S/C23H24N4O4S3/c1-2-32-20(24)14-11-25-9-8-15(14)34-16-12-33-22-18(21(29)27(22)19(16)23(30)31)26-17(28)10-13-6-4-3-5-7-13/h3-9,11,18,20,22H,2,10,12,24H2,1H3,(H,26,28)(H,30,31)/t18-,20?,22+/m1/s1. The number of fused-ring (bicyclic) bond motifs is 1. The molecule has 4 rings (SSSR count). The minimum Gasteiger partial charge on any atom is -0.477 e. The van der Waals surface area contributed by atoms with E-state index < -0.39 is 23.3 Å². The van der Waals surface area contributed by atoms with Crippen molar-refractivity contribution in [2.24, 2.45) is 5.73 Å². The molecule has 0 saturated carbocycles. The molecule has 4 N–H and O–H groups in total. The van der Waals surface area contributed by atoms with Crippen molar-refractivity contribution in [3.8, 4) is 0 Å². The van der Waals surface area contributed by atoms with Gasteiger partial charge in [0.2, 0.25) is 5.91 Å². The number of carboxylic acids is 1. The van der Waals surface area contributed by atoms with Crippen molar-refractivity contribution in [1.82, 2.24) is 15.2 Å². The number of rotatable bonds is 9. The van der Waals surface area contributed by atoms with Crippen LogP contribution >= 0.6 is 35.3 Å². The van der Waals surface area contributed by atoms with E-state index in [1.807, 2.05) is 43.3 Å². The molecule has 34 heavy (non-hydrogen) atoms. The van der Waals surface area contributed by atoms with Crippen LogP contribution in [0.1, 0.15) is 23.4 Å². The predicted octanol–water partition coefficient (Wildman–Crippen LogP) is 2.82. The number of carbonyl (C=O) groups excluding carboxylic acids is 2. The lowest BCUT2D eigenvalue weighted by Crippen LogP contribution is -2.70. The van der Waals surface area contributed by atoms with Crippen LogP contribution in [-0.2, 0) is 20.8 Å². The number of carboxylic acid groups (broad SMARTS) is 1. The summed E-state index contributed by atoms with van der Waals surface area (Å²) in [5.74, 6) is -0.612. The monoisotopic (exact) mass is 516 g/mol. The molecule has 0 radical (unpaired) electrons. The Morgan fingerprint density at radius 1 is 1.32 bits per heavy atom. The lowest BCUT2D eigenvalue weighted by Gasteiger charge is -2.49. The second kappa shape index (κ2) is 10.9. The SMILES string of the molecule is CCSC(N)c1cnccc1SC1=C(C(=O)O)N2C(=O)[C@@H](NC(=O)Cc3ccccc3)[C@@H]2SC1. The quantitative estimate of drug-likeness (QED) is 0.341. The molecule has 1 saturated heterocycles. The third kappa shape index (κ3) is 5.12. The summed E-state index contributed by atoms with van der Waals surface area (Å²) in [5.41, 5.74) is 7.91. The molecule has 178 valence electrons. The largest absolute Gasteiger partial charge is 0.477 e. The highest BCUT2D eigenvalue weighted by atomic mass is 32.2. The maximum atomic E-state index is 12.9. The van der Waals surface area contributed by atoms with Crippen LogP contribution in [0.5, 0.6) is 0 Å². The van der Waals surface area contributed by atoms with Crippen LogP contribution in [-0.4, -0.2) is 55.7 Å². The highest BCUT2D eigenvalue weighted by Gasteiger charge is 2.54. The number of thioether (sulfide) groups is 3. The van der Waals surface area contributed by atoms with Crippen molar-refractivity contribution >= 4 is 53.1 Å². The molecule has 1 unspecified atom stereocenters. The van der Waals surface area contributed by atoms with Gasteiger partial charge < -0.3 is 16.2 Å². The Labute approximate surface area is 210 Å². The summed E-state index contributed by atoms with van der Waals surface area (Å²) in [4.78, 5) is 44.4. The minimum absolute atomic E-state index is 0.0354. The number of hydrogen-bond acceptors (Lipinski definition) is 8. The van der Waals surface area contributed by atoms with Gasteiger partial charge in [0.05, 0.1) is 11.8 Å². The molecule has 2 aliphatic rings. The molecule has 1 aromatic carbocycles. The van der Waals surface area contributed by atoms with E-state index in [0.29, 0.717) is 10.7 Å². The zero-order valence-corrected chi connectivity index (χ0v) is 20.8. The van der Waals surface area contributed by atoms with Gasteiger partial charge >= 0.3 is 5.97 Å². The molecule has 3 atom stereocenters. The Balaban J connectivity index is 1.51. The van der Waals surface area contributed by atoms with Crippen molar-refractivity contribution in [1.29, 1.82) is 0 Å². The highest BCUT2D eigenvalue weighted by molar-refractivity contribution is 8.06. The minimum atomic E-state index is -1.17. The Kier molecular flexibility index (Phi) is 7.87. The van der Waals surface area contributed by atoms with Crippen molar-refractivity contribution in [2.75, 3.05) is 11.5 Å². The van der Waals surface area contributed by atoms with Crippen LogP contribution < -0.4 is 11.1 Å². The van der Waals surface area contributed by atoms with E-state index in [4.69, 9.17) is 5.73 Å². The molecule has 11 heteroatoms. The second-order valence-electron chi connectivity index (χ2n) is 7.59. The molecule has 2 amide bonds. The topological polar surface area (TPSA) is 126 Å². The maximum Gasteiger partial charge on any atom is 0.353 e. The van der Waals surface area contributed by atoms with Gasteiger partial charge in [-0.1, -0.05) is 49.0 Å². The number of aliphatic carboxylic acids is 1. The Morgan fingerprint density at radius 3 is 2.79 bits per heavy atom. The summed E-state index contributed by atoms with van der Waals surface area (Å²) >= 11 is 4.31. The van der Waals surface area contributed by atoms with Crippen LogP contribution in [0.2, 0.25) is 0 Å². The molecule has 0 aliphatic carbocycles. The maximum absolute atomic E-state index is 12.9. The zero-order valence-electron chi connectivity index (χ0n) is 18.3. The number of nitrogens with zero attached hydrogens (tertiary/aromatic N) is 2. The van der Waals surface area contributed by atoms with E-state index in [1.54, 1.807) is 24.2 Å². The van der Waals surface area contributed by atoms with Crippen molar-refractivity contribution in [3.63, 3.8) is 0 Å². The predicted molar refractivity (Wildman–Crippen MR) is 135 cm³/mol. The lowest BCUT2D eigenvalue weighted by molar-refractivity contribution is -0.150. The molecule has 8 nitrogen and oxygen atoms in total. The third-order valence-electron chi connectivity index (χ3n) is 5.36. The van der Waals surface area contributed by atoms with Crippen LogP contribution in [0.4, 0.5) is 0 Å². The number of amides is 2. The number of benzene rings is 1. The molecule has 0 spiro atoms. The summed E-state index contributed by atoms with van der Waals surface area (Å²) in [7, 11) is 0. The molecular formula is C23H24N4O4S3. The van der Waals surface area contributed by atoms with E-state index in [1.165, 1.54) is 28.4 Å². The van der Waals surface area contributed by atoms with Crippen molar-refractivity contribution in [2.45, 2.75) is 35.0 Å².